The molecule has 7 heteroatoms. The first-order valence-corrected chi connectivity index (χ1v) is 9.83. The molecule has 1 N–H and O–H groups in total. The maximum absolute atomic E-state index is 9.19. The first-order valence-electron chi connectivity index (χ1n) is 9.46. The van der Waals surface area contributed by atoms with E-state index in [4.69, 9.17) is 16.6 Å². The largest absolute Gasteiger partial charge is 0.395 e. The molecule has 1 saturated heterocycles. The van der Waals surface area contributed by atoms with Crippen LogP contribution in [0.4, 0.5) is 5.69 Å². The zero-order valence-corrected chi connectivity index (χ0v) is 18.5. The first-order chi connectivity index (χ1) is 13.2. The fourth-order valence-corrected chi connectivity index (χ4v) is 3.93. The molecule has 0 saturated carbocycles. The van der Waals surface area contributed by atoms with Crippen LogP contribution in [0.1, 0.15) is 11.1 Å². The molecule has 0 unspecified atom stereocenters. The zero-order chi connectivity index (χ0) is 18.6. The van der Waals surface area contributed by atoms with E-state index in [-0.39, 0.29) is 31.4 Å². The number of aliphatic hydroxyl groups is 1. The van der Waals surface area contributed by atoms with Crippen molar-refractivity contribution in [2.75, 3.05) is 39.3 Å². The van der Waals surface area contributed by atoms with Gasteiger partial charge in [0.05, 0.1) is 12.3 Å². The van der Waals surface area contributed by atoms with Gasteiger partial charge in [-0.3, -0.25) is 4.90 Å². The highest BCUT2D eigenvalue weighted by molar-refractivity contribution is 6.30. The molecule has 2 aliphatic rings. The summed E-state index contributed by atoms with van der Waals surface area (Å²) in [5.74, 6) is 1.03. The molecule has 1 fully saturated rings. The molecule has 4 nitrogen and oxygen atoms in total. The third-order valence-electron chi connectivity index (χ3n) is 5.21. The van der Waals surface area contributed by atoms with E-state index in [1.807, 2.05) is 24.3 Å². The molecule has 2 heterocycles. The lowest BCUT2D eigenvalue weighted by Crippen LogP contribution is -2.49. The highest BCUT2D eigenvalue weighted by Gasteiger charge is 2.24. The van der Waals surface area contributed by atoms with E-state index >= 15 is 0 Å². The van der Waals surface area contributed by atoms with Crippen LogP contribution in [0.2, 0.25) is 5.02 Å². The van der Waals surface area contributed by atoms with Crippen LogP contribution in [0.25, 0.3) is 5.57 Å². The third kappa shape index (κ3) is 5.53. The van der Waals surface area contributed by atoms with E-state index in [9.17, 15) is 5.11 Å². The molecular formula is C22H26Cl3N3O. The average molecular weight is 455 g/mol. The molecular weight excluding hydrogens is 429 g/mol. The number of halogens is 3. The normalized spacial score (nSPS) is 16.6. The average Bonchev–Trinajstić information content (AvgIpc) is 2.89. The predicted octanol–water partition coefficient (Wildman–Crippen LogP) is 4.46. The number of rotatable bonds is 3. The second-order valence-corrected chi connectivity index (χ2v) is 7.39. The molecule has 0 amide bonds. The second-order valence-electron chi connectivity index (χ2n) is 6.95. The van der Waals surface area contributed by atoms with Gasteiger partial charge in [0.15, 0.2) is 0 Å². The minimum absolute atomic E-state index is 0. The Morgan fingerprint density at radius 3 is 2.38 bits per heavy atom. The summed E-state index contributed by atoms with van der Waals surface area (Å²) in [6, 6.07) is 16.4. The Hall–Kier alpha value is -1.56. The Balaban J connectivity index is 0.00000150. The summed E-state index contributed by atoms with van der Waals surface area (Å²) in [6.45, 7) is 4.65. The SMILES string of the molecule is Cl.Cl.OCCN1CCN(C2=Nc3ccc(Cl)cc3CC=C2c2ccccc2)CC1. The highest BCUT2D eigenvalue weighted by atomic mass is 35.5. The lowest BCUT2D eigenvalue weighted by atomic mass is 10.0. The van der Waals surface area contributed by atoms with Gasteiger partial charge in [-0.2, -0.15) is 0 Å². The quantitative estimate of drug-likeness (QED) is 0.744. The van der Waals surface area contributed by atoms with E-state index in [1.165, 1.54) is 11.1 Å². The van der Waals surface area contributed by atoms with Crippen LogP contribution >= 0.6 is 36.4 Å². The van der Waals surface area contributed by atoms with Crippen molar-refractivity contribution in [3.63, 3.8) is 0 Å². The number of benzene rings is 2. The molecule has 29 heavy (non-hydrogen) atoms. The first kappa shape index (κ1) is 23.7. The summed E-state index contributed by atoms with van der Waals surface area (Å²) in [5, 5.41) is 9.94. The van der Waals surface area contributed by atoms with E-state index < -0.39 is 0 Å². The van der Waals surface area contributed by atoms with Crippen molar-refractivity contribution >= 4 is 53.5 Å². The number of allylic oxidation sites excluding steroid dienone is 1. The Labute approximate surface area is 189 Å². The molecule has 0 atom stereocenters. The van der Waals surface area contributed by atoms with E-state index in [0.29, 0.717) is 0 Å². The smallest absolute Gasteiger partial charge is 0.136 e. The molecule has 4 rings (SSSR count). The van der Waals surface area contributed by atoms with Crippen LogP contribution in [-0.2, 0) is 6.42 Å². The van der Waals surface area contributed by atoms with Crippen molar-refractivity contribution in [3.8, 4) is 0 Å². The highest BCUT2D eigenvalue weighted by Crippen LogP contribution is 2.31. The predicted molar refractivity (Wildman–Crippen MR) is 126 cm³/mol. The van der Waals surface area contributed by atoms with Crippen molar-refractivity contribution in [1.29, 1.82) is 0 Å². The summed E-state index contributed by atoms with van der Waals surface area (Å²) in [5.41, 5.74) is 4.52. The van der Waals surface area contributed by atoms with Gasteiger partial charge in [0.1, 0.15) is 5.84 Å². The van der Waals surface area contributed by atoms with Crippen LogP contribution in [0.15, 0.2) is 59.6 Å². The van der Waals surface area contributed by atoms with E-state index in [0.717, 1.165) is 61.3 Å². The molecule has 0 aliphatic carbocycles. The summed E-state index contributed by atoms with van der Waals surface area (Å²) in [7, 11) is 0. The van der Waals surface area contributed by atoms with Gasteiger partial charge in [0.2, 0.25) is 0 Å². The summed E-state index contributed by atoms with van der Waals surface area (Å²) in [4.78, 5) is 9.75. The fourth-order valence-electron chi connectivity index (χ4n) is 3.73. The van der Waals surface area contributed by atoms with Crippen LogP contribution < -0.4 is 0 Å². The van der Waals surface area contributed by atoms with Crippen LogP contribution in [-0.4, -0.2) is 60.1 Å². The van der Waals surface area contributed by atoms with E-state index in [1.54, 1.807) is 0 Å². The maximum atomic E-state index is 9.19. The van der Waals surface area contributed by atoms with Gasteiger partial charge in [0.25, 0.3) is 0 Å². The van der Waals surface area contributed by atoms with Gasteiger partial charge in [0, 0.05) is 43.3 Å². The van der Waals surface area contributed by atoms with Crippen LogP contribution in [0, 0.1) is 0 Å². The number of piperazine rings is 1. The zero-order valence-electron chi connectivity index (χ0n) is 16.1. The van der Waals surface area contributed by atoms with Crippen molar-refractivity contribution in [2.45, 2.75) is 6.42 Å². The molecule has 0 radical (unpaired) electrons. The standard InChI is InChI=1S/C22H24ClN3O.2ClH/c23-19-7-9-21-18(16-19)6-8-20(17-4-2-1-3-5-17)22(24-21)26-12-10-25(11-13-26)14-15-27;;/h1-5,7-9,16,27H,6,10-15H2;2*1H. The number of nitrogens with zero attached hydrogens (tertiary/aromatic N) is 3. The van der Waals surface area contributed by atoms with Crippen molar-refractivity contribution < 1.29 is 5.11 Å². The fraction of sp³-hybridized carbons (Fsp3) is 0.318. The number of hydrogen-bond donors (Lipinski definition) is 1. The van der Waals surface area contributed by atoms with Crippen molar-refractivity contribution in [3.05, 3.63) is 70.8 Å². The maximum Gasteiger partial charge on any atom is 0.136 e. The number of amidine groups is 1. The molecule has 156 valence electrons. The minimum Gasteiger partial charge on any atom is -0.395 e. The van der Waals surface area contributed by atoms with Gasteiger partial charge in [-0.25, -0.2) is 4.99 Å². The Morgan fingerprint density at radius 2 is 1.69 bits per heavy atom. The number of β-amino-alcohol motifs (C(OH)–C–C–N with tert-alkyl or cyclic N) is 1. The third-order valence-corrected chi connectivity index (χ3v) is 5.44. The van der Waals surface area contributed by atoms with Crippen molar-refractivity contribution in [2.24, 2.45) is 4.99 Å². The Kier molecular flexibility index (Phi) is 9.00. The minimum atomic E-state index is 0. The van der Waals surface area contributed by atoms with Gasteiger partial charge < -0.3 is 10.0 Å². The number of fused-ring (bicyclic) bond motifs is 1. The molecule has 0 aromatic heterocycles. The number of aliphatic imine (C=N–C) groups is 1. The molecule has 2 aromatic rings. The number of aliphatic hydroxyl groups excluding tert-OH is 1. The summed E-state index contributed by atoms with van der Waals surface area (Å²) >= 11 is 6.21. The molecule has 2 aliphatic heterocycles. The summed E-state index contributed by atoms with van der Waals surface area (Å²) in [6.07, 6.45) is 3.09. The summed E-state index contributed by atoms with van der Waals surface area (Å²) < 4.78 is 0. The molecule has 0 spiro atoms. The van der Waals surface area contributed by atoms with Gasteiger partial charge in [-0.05, 0) is 35.7 Å². The molecule has 2 aromatic carbocycles. The van der Waals surface area contributed by atoms with Crippen LogP contribution in [0.3, 0.4) is 0 Å². The van der Waals surface area contributed by atoms with Crippen LogP contribution in [0.5, 0.6) is 0 Å². The topological polar surface area (TPSA) is 39.1 Å². The van der Waals surface area contributed by atoms with Gasteiger partial charge >= 0.3 is 0 Å². The van der Waals surface area contributed by atoms with Gasteiger partial charge in [-0.1, -0.05) is 48.0 Å². The second kappa shape index (κ2) is 11.0. The van der Waals surface area contributed by atoms with Gasteiger partial charge in [-0.15, -0.1) is 24.8 Å². The number of hydrogen-bond acceptors (Lipinski definition) is 4. The van der Waals surface area contributed by atoms with Crippen molar-refractivity contribution in [1.82, 2.24) is 9.80 Å². The Morgan fingerprint density at radius 1 is 0.966 bits per heavy atom. The lowest BCUT2D eigenvalue weighted by molar-refractivity contribution is 0.148. The van der Waals surface area contributed by atoms with E-state index in [2.05, 4.69) is 40.1 Å². The Bertz CT molecular complexity index is 863. The lowest BCUT2D eigenvalue weighted by Gasteiger charge is -2.36. The molecule has 0 bridgehead atoms. The monoisotopic (exact) mass is 453 g/mol.